The van der Waals surface area contributed by atoms with Crippen LogP contribution in [0.3, 0.4) is 0 Å². The highest BCUT2D eigenvalue weighted by Crippen LogP contribution is 2.39. The second-order valence-corrected chi connectivity index (χ2v) is 8.96. The van der Waals surface area contributed by atoms with Crippen LogP contribution in [0.5, 0.6) is 11.5 Å². The number of nitrogens with zero attached hydrogens (tertiary/aromatic N) is 2. The molecule has 3 nitrogen and oxygen atoms in total. The summed E-state index contributed by atoms with van der Waals surface area (Å²) in [5.41, 5.74) is 5.85. The molecule has 0 bridgehead atoms. The minimum Gasteiger partial charge on any atom is -0.457 e. The molecule has 6 aromatic rings. The van der Waals surface area contributed by atoms with Crippen molar-refractivity contribution in [1.82, 2.24) is 0 Å². The SMILES string of the molecule is [3H]c1ccc(N(c2ccccc2)c2cccc(Oc3cccc(N(c4ccccc4)c4ccc([3H])cc4)c3)c2)cc1. The molecular formula is C36H28N2O. The fourth-order valence-electron chi connectivity index (χ4n) is 4.61. The normalized spacial score (nSPS) is 11.3. The second-order valence-electron chi connectivity index (χ2n) is 8.96. The topological polar surface area (TPSA) is 15.7 Å². The van der Waals surface area contributed by atoms with Gasteiger partial charge in [-0.25, -0.2) is 0 Å². The summed E-state index contributed by atoms with van der Waals surface area (Å²) in [6.07, 6.45) is 0. The van der Waals surface area contributed by atoms with E-state index in [9.17, 15) is 0 Å². The Bertz CT molecular complexity index is 1590. The standard InChI is InChI=1S/C36H28N2O/c1-5-15-29(16-6-1)37(30-17-7-2-8-18-30)33-23-13-25-35(27-33)39-36-26-14-24-34(28-36)38(31-19-9-3-10-20-31)32-21-11-4-12-22-32/h1-28H/i1T,3T. The summed E-state index contributed by atoms with van der Waals surface area (Å²) < 4.78 is 22.3. The summed E-state index contributed by atoms with van der Waals surface area (Å²) in [6.45, 7) is 0. The Hall–Kier alpha value is -5.28. The Morgan fingerprint density at radius 1 is 0.359 bits per heavy atom. The Labute approximate surface area is 232 Å². The average molecular weight is 509 g/mol. The van der Waals surface area contributed by atoms with E-state index >= 15 is 0 Å². The molecule has 0 aliphatic heterocycles. The van der Waals surface area contributed by atoms with E-state index in [1.54, 1.807) is 24.3 Å². The van der Waals surface area contributed by atoms with Gasteiger partial charge >= 0.3 is 0 Å². The molecule has 0 heterocycles. The van der Waals surface area contributed by atoms with Gasteiger partial charge in [-0.05, 0) is 72.8 Å². The van der Waals surface area contributed by atoms with Crippen molar-refractivity contribution >= 4 is 34.1 Å². The van der Waals surface area contributed by atoms with Crippen LogP contribution in [0.25, 0.3) is 0 Å². The Morgan fingerprint density at radius 2 is 0.692 bits per heavy atom. The van der Waals surface area contributed by atoms with Gasteiger partial charge in [-0.3, -0.25) is 0 Å². The summed E-state index contributed by atoms with van der Waals surface area (Å²) in [6, 6.07) is 52.3. The highest BCUT2D eigenvalue weighted by atomic mass is 16.5. The fourth-order valence-corrected chi connectivity index (χ4v) is 4.61. The molecule has 188 valence electrons. The predicted octanol–water partition coefficient (Wildman–Crippen LogP) is 10.4. The highest BCUT2D eigenvalue weighted by Gasteiger charge is 2.15. The van der Waals surface area contributed by atoms with Crippen molar-refractivity contribution in [3.8, 4) is 11.5 Å². The first kappa shape index (κ1) is 21.8. The van der Waals surface area contributed by atoms with Gasteiger partial charge in [-0.15, -0.1) is 0 Å². The summed E-state index contributed by atoms with van der Waals surface area (Å²) >= 11 is 0. The molecule has 0 aliphatic carbocycles. The number of anilines is 6. The van der Waals surface area contributed by atoms with Gasteiger partial charge in [0, 0.05) is 46.3 Å². The maximum Gasteiger partial charge on any atom is 0.129 e. The van der Waals surface area contributed by atoms with Crippen LogP contribution >= 0.6 is 0 Å². The average Bonchev–Trinajstić information content (AvgIpc) is 3.01. The van der Waals surface area contributed by atoms with Crippen LogP contribution in [-0.2, 0) is 0 Å². The molecule has 0 spiro atoms. The molecule has 0 aliphatic rings. The fraction of sp³-hybridized carbons (Fsp3) is 0. The van der Waals surface area contributed by atoms with Gasteiger partial charge in [0.15, 0.2) is 0 Å². The van der Waals surface area contributed by atoms with Crippen LogP contribution in [0.2, 0.25) is 0 Å². The van der Waals surface area contributed by atoms with E-state index in [0.717, 1.165) is 34.1 Å². The Morgan fingerprint density at radius 3 is 1.08 bits per heavy atom. The third-order valence-electron chi connectivity index (χ3n) is 6.33. The molecule has 0 fully saturated rings. The first-order valence-corrected chi connectivity index (χ1v) is 12.9. The van der Waals surface area contributed by atoms with Crippen molar-refractivity contribution in [1.29, 1.82) is 0 Å². The molecule has 0 aromatic heterocycles. The lowest BCUT2D eigenvalue weighted by Gasteiger charge is -2.26. The quantitative estimate of drug-likeness (QED) is 0.203. The zero-order chi connectivity index (χ0) is 28.0. The molecular weight excluding hydrogens is 476 g/mol. The number of ether oxygens (including phenoxy) is 1. The number of para-hydroxylation sites is 4. The molecule has 0 saturated heterocycles. The molecule has 6 rings (SSSR count). The van der Waals surface area contributed by atoms with Gasteiger partial charge in [0.05, 0.1) is 2.74 Å². The van der Waals surface area contributed by atoms with Gasteiger partial charge in [0.2, 0.25) is 0 Å². The zero-order valence-corrected chi connectivity index (χ0v) is 21.3. The maximum absolute atomic E-state index is 7.92. The monoisotopic (exact) mass is 508 g/mol. The molecule has 0 radical (unpaired) electrons. The third-order valence-corrected chi connectivity index (χ3v) is 6.33. The summed E-state index contributed by atoms with van der Waals surface area (Å²) in [5.74, 6) is 1.42. The van der Waals surface area contributed by atoms with E-state index < -0.39 is 0 Å². The van der Waals surface area contributed by atoms with Crippen molar-refractivity contribution < 1.29 is 7.48 Å². The van der Waals surface area contributed by atoms with Crippen LogP contribution in [-0.4, -0.2) is 0 Å². The van der Waals surface area contributed by atoms with Crippen molar-refractivity contribution in [3.05, 3.63) is 170 Å². The van der Waals surface area contributed by atoms with E-state index in [0.29, 0.717) is 23.6 Å². The Kier molecular flexibility index (Phi) is 6.37. The minimum atomic E-state index is 0.471. The predicted molar refractivity (Wildman–Crippen MR) is 162 cm³/mol. The van der Waals surface area contributed by atoms with Crippen molar-refractivity contribution in [3.63, 3.8) is 0 Å². The second kappa shape index (κ2) is 11.4. The molecule has 39 heavy (non-hydrogen) atoms. The van der Waals surface area contributed by atoms with E-state index in [1.807, 2.05) is 97.1 Å². The molecule has 0 N–H and O–H groups in total. The summed E-state index contributed by atoms with van der Waals surface area (Å²) in [5, 5.41) is 0. The number of benzene rings is 6. The highest BCUT2D eigenvalue weighted by molar-refractivity contribution is 5.78. The lowest BCUT2D eigenvalue weighted by atomic mass is 10.2. The van der Waals surface area contributed by atoms with E-state index in [1.165, 1.54) is 0 Å². The lowest BCUT2D eigenvalue weighted by molar-refractivity contribution is 0.483. The summed E-state index contributed by atoms with van der Waals surface area (Å²) in [7, 11) is 0. The van der Waals surface area contributed by atoms with E-state index in [-0.39, 0.29) is 0 Å². The van der Waals surface area contributed by atoms with Crippen molar-refractivity contribution in [2.24, 2.45) is 0 Å². The van der Waals surface area contributed by atoms with Gasteiger partial charge in [-0.2, -0.15) is 0 Å². The number of hydrogen-bond donors (Lipinski definition) is 0. The third kappa shape index (κ3) is 5.53. The molecule has 0 saturated carbocycles. The van der Waals surface area contributed by atoms with Gasteiger partial charge in [0.25, 0.3) is 0 Å². The van der Waals surface area contributed by atoms with Crippen LogP contribution in [0.15, 0.2) is 170 Å². The summed E-state index contributed by atoms with van der Waals surface area (Å²) in [4.78, 5) is 4.30. The Balaban J connectivity index is 1.34. The molecule has 0 atom stereocenters. The molecule has 0 unspecified atom stereocenters. The van der Waals surface area contributed by atoms with Crippen molar-refractivity contribution in [2.45, 2.75) is 0 Å². The lowest BCUT2D eigenvalue weighted by Crippen LogP contribution is -2.10. The van der Waals surface area contributed by atoms with Gasteiger partial charge in [0.1, 0.15) is 11.5 Å². The van der Waals surface area contributed by atoms with E-state index in [4.69, 9.17) is 7.48 Å². The largest absolute Gasteiger partial charge is 0.457 e. The first-order valence-electron chi connectivity index (χ1n) is 13.9. The minimum absolute atomic E-state index is 0.471. The first-order chi connectivity index (χ1) is 20.1. The van der Waals surface area contributed by atoms with Crippen LogP contribution in [0, 0.1) is 0 Å². The van der Waals surface area contributed by atoms with Crippen LogP contribution in [0.4, 0.5) is 34.1 Å². The van der Waals surface area contributed by atoms with Gasteiger partial charge in [-0.1, -0.05) is 84.9 Å². The number of hydrogen-bond acceptors (Lipinski definition) is 3. The molecule has 6 aromatic carbocycles. The molecule has 0 amide bonds. The maximum atomic E-state index is 7.92. The number of rotatable bonds is 8. The zero-order valence-electron chi connectivity index (χ0n) is 23.3. The van der Waals surface area contributed by atoms with Crippen molar-refractivity contribution in [2.75, 3.05) is 9.80 Å². The van der Waals surface area contributed by atoms with Gasteiger partial charge < -0.3 is 14.5 Å². The van der Waals surface area contributed by atoms with E-state index in [2.05, 4.69) is 46.2 Å². The van der Waals surface area contributed by atoms with Crippen LogP contribution in [0.1, 0.15) is 2.74 Å². The molecule has 3 heteroatoms. The van der Waals surface area contributed by atoms with Crippen LogP contribution < -0.4 is 14.5 Å². The smallest absolute Gasteiger partial charge is 0.129 e.